The Hall–Kier alpha value is -2.91. The molecule has 1 aliphatic heterocycles. The number of aliphatic imine (C=N–C) groups is 1. The van der Waals surface area contributed by atoms with Gasteiger partial charge in [-0.3, -0.25) is 14.9 Å². The number of morpholine rings is 1. The summed E-state index contributed by atoms with van der Waals surface area (Å²) in [6, 6.07) is 14.0. The van der Waals surface area contributed by atoms with Crippen LogP contribution in [0, 0.1) is 17.0 Å². The molecule has 1 saturated heterocycles. The number of nitrogens with zero attached hydrogens (tertiary/aromatic N) is 3. The van der Waals surface area contributed by atoms with Gasteiger partial charge in [-0.1, -0.05) is 30.0 Å². The topological polar surface area (TPSA) is 97.1 Å². The molecule has 0 saturated carbocycles. The molecule has 0 atom stereocenters. The number of carbonyl (C=O) groups excluding carboxylic acids is 1. The number of thioether (sulfide) groups is 1. The second-order valence-corrected chi connectivity index (χ2v) is 7.37. The van der Waals surface area contributed by atoms with Crippen LogP contribution in [0.1, 0.15) is 5.56 Å². The Bertz CT molecular complexity index is 899. The summed E-state index contributed by atoms with van der Waals surface area (Å²) < 4.78 is 5.41. The molecule has 1 N–H and O–H groups in total. The van der Waals surface area contributed by atoms with Crippen molar-refractivity contribution in [3.63, 3.8) is 0 Å². The molecule has 0 spiro atoms. The summed E-state index contributed by atoms with van der Waals surface area (Å²) in [6.45, 7) is 4.43. The lowest BCUT2D eigenvalue weighted by molar-refractivity contribution is -0.384. The van der Waals surface area contributed by atoms with Crippen LogP contribution < -0.4 is 5.32 Å². The summed E-state index contributed by atoms with van der Waals surface area (Å²) in [6.07, 6.45) is 0. The van der Waals surface area contributed by atoms with E-state index in [4.69, 9.17) is 9.73 Å². The number of anilines is 1. The van der Waals surface area contributed by atoms with E-state index in [0.29, 0.717) is 24.5 Å². The van der Waals surface area contributed by atoms with Crippen molar-refractivity contribution in [2.24, 2.45) is 4.99 Å². The Kier molecular flexibility index (Phi) is 7.20. The Morgan fingerprint density at radius 3 is 2.62 bits per heavy atom. The highest BCUT2D eigenvalue weighted by atomic mass is 32.2. The summed E-state index contributed by atoms with van der Waals surface area (Å²) in [4.78, 5) is 29.7. The van der Waals surface area contributed by atoms with Gasteiger partial charge in [-0.15, -0.1) is 0 Å². The van der Waals surface area contributed by atoms with Gasteiger partial charge in [0.25, 0.3) is 5.69 Å². The van der Waals surface area contributed by atoms with Crippen molar-refractivity contribution < 1.29 is 14.5 Å². The molecule has 3 rings (SSSR count). The molecule has 1 aliphatic rings. The molecule has 0 aliphatic carbocycles. The van der Waals surface area contributed by atoms with Crippen LogP contribution in [0.5, 0.6) is 0 Å². The molecule has 152 valence electrons. The van der Waals surface area contributed by atoms with Crippen molar-refractivity contribution in [1.82, 2.24) is 4.90 Å². The molecule has 8 nitrogen and oxygen atoms in total. The zero-order valence-corrected chi connectivity index (χ0v) is 16.9. The number of amides is 1. The summed E-state index contributed by atoms with van der Waals surface area (Å²) in [5.41, 5.74) is 2.03. The maximum absolute atomic E-state index is 12.5. The van der Waals surface area contributed by atoms with Gasteiger partial charge in [-0.2, -0.15) is 0 Å². The van der Waals surface area contributed by atoms with Gasteiger partial charge >= 0.3 is 0 Å². The first kappa shape index (κ1) is 20.8. The van der Waals surface area contributed by atoms with E-state index in [1.807, 2.05) is 30.3 Å². The van der Waals surface area contributed by atoms with Gasteiger partial charge in [0.1, 0.15) is 0 Å². The van der Waals surface area contributed by atoms with E-state index in [-0.39, 0.29) is 17.3 Å². The van der Waals surface area contributed by atoms with Crippen LogP contribution in [0.2, 0.25) is 0 Å². The summed E-state index contributed by atoms with van der Waals surface area (Å²) >= 11 is 1.36. The molecule has 2 aromatic carbocycles. The molecule has 1 heterocycles. The SMILES string of the molecule is Cc1cc([N+](=O)[O-])ccc1NC(=O)CSC(=Nc1ccccc1)N1CCOCC1. The number of aryl methyl sites for hydroxylation is 1. The van der Waals surface area contributed by atoms with Crippen molar-refractivity contribution in [3.8, 4) is 0 Å². The van der Waals surface area contributed by atoms with Gasteiger partial charge in [-0.05, 0) is 30.7 Å². The number of nitro benzene ring substituents is 1. The van der Waals surface area contributed by atoms with E-state index >= 15 is 0 Å². The fourth-order valence-electron chi connectivity index (χ4n) is 2.78. The smallest absolute Gasteiger partial charge is 0.269 e. The fourth-order valence-corrected chi connectivity index (χ4v) is 3.65. The molecule has 0 bridgehead atoms. The van der Waals surface area contributed by atoms with Crippen LogP contribution in [0.3, 0.4) is 0 Å². The van der Waals surface area contributed by atoms with Gasteiger partial charge in [0, 0.05) is 30.9 Å². The summed E-state index contributed by atoms with van der Waals surface area (Å²) in [5.74, 6) is -0.0135. The Labute approximate surface area is 173 Å². The molecular formula is C20H22N4O4S. The average Bonchev–Trinajstić information content (AvgIpc) is 2.74. The first-order valence-corrected chi connectivity index (χ1v) is 10.2. The number of amidine groups is 1. The zero-order valence-electron chi connectivity index (χ0n) is 16.0. The van der Waals surface area contributed by atoms with E-state index in [1.165, 1.54) is 23.9 Å². The normalized spacial score (nSPS) is 14.5. The van der Waals surface area contributed by atoms with Gasteiger partial charge in [0.2, 0.25) is 5.91 Å². The van der Waals surface area contributed by atoms with Crippen molar-refractivity contribution in [2.45, 2.75) is 6.92 Å². The molecule has 9 heteroatoms. The molecule has 1 fully saturated rings. The third-order valence-electron chi connectivity index (χ3n) is 4.29. The number of non-ortho nitro benzene ring substituents is 1. The highest BCUT2D eigenvalue weighted by Gasteiger charge is 2.18. The largest absolute Gasteiger partial charge is 0.378 e. The van der Waals surface area contributed by atoms with Crippen LogP contribution in [-0.2, 0) is 9.53 Å². The summed E-state index contributed by atoms with van der Waals surface area (Å²) in [5, 5.41) is 14.4. The van der Waals surface area contributed by atoms with E-state index < -0.39 is 4.92 Å². The fraction of sp³-hybridized carbons (Fsp3) is 0.300. The number of rotatable bonds is 5. The quantitative estimate of drug-likeness (QED) is 0.348. The Morgan fingerprint density at radius 1 is 1.24 bits per heavy atom. The lowest BCUT2D eigenvalue weighted by Crippen LogP contribution is -2.39. The molecule has 0 aromatic heterocycles. The lowest BCUT2D eigenvalue weighted by atomic mass is 10.2. The van der Waals surface area contributed by atoms with Crippen LogP contribution >= 0.6 is 11.8 Å². The predicted molar refractivity (Wildman–Crippen MR) is 115 cm³/mol. The van der Waals surface area contributed by atoms with Crippen LogP contribution in [0.25, 0.3) is 0 Å². The first-order valence-electron chi connectivity index (χ1n) is 9.17. The van der Waals surface area contributed by atoms with Crippen LogP contribution in [0.15, 0.2) is 53.5 Å². The lowest BCUT2D eigenvalue weighted by Gasteiger charge is -2.29. The molecule has 29 heavy (non-hydrogen) atoms. The number of nitrogens with one attached hydrogen (secondary N) is 1. The number of nitro groups is 1. The second kappa shape index (κ2) is 10.0. The van der Waals surface area contributed by atoms with Crippen molar-refractivity contribution >= 4 is 39.9 Å². The second-order valence-electron chi connectivity index (χ2n) is 6.42. The average molecular weight is 414 g/mol. The Morgan fingerprint density at radius 2 is 1.97 bits per heavy atom. The molecule has 1 amide bonds. The number of benzene rings is 2. The standard InChI is InChI=1S/C20H22N4O4S/c1-15-13-17(24(26)27)7-8-18(15)22-19(25)14-29-20(23-9-11-28-12-10-23)21-16-5-3-2-4-6-16/h2-8,13H,9-12,14H2,1H3,(H,22,25). The molecular weight excluding hydrogens is 392 g/mol. The number of hydrogen-bond donors (Lipinski definition) is 1. The number of para-hydroxylation sites is 1. The predicted octanol–water partition coefficient (Wildman–Crippen LogP) is 3.59. The molecule has 2 aromatic rings. The zero-order chi connectivity index (χ0) is 20.6. The van der Waals surface area contributed by atoms with Crippen molar-refractivity contribution in [3.05, 3.63) is 64.2 Å². The van der Waals surface area contributed by atoms with Crippen molar-refractivity contribution in [1.29, 1.82) is 0 Å². The Balaban J connectivity index is 1.66. The van der Waals surface area contributed by atoms with Crippen LogP contribution in [-0.4, -0.2) is 53.0 Å². The minimum Gasteiger partial charge on any atom is -0.378 e. The van der Waals surface area contributed by atoms with Gasteiger partial charge < -0.3 is 15.0 Å². The van der Waals surface area contributed by atoms with Gasteiger partial charge in [0.05, 0.1) is 29.6 Å². The number of carbonyl (C=O) groups is 1. The molecule has 0 unspecified atom stereocenters. The highest BCUT2D eigenvalue weighted by molar-refractivity contribution is 8.14. The van der Waals surface area contributed by atoms with E-state index in [1.54, 1.807) is 13.0 Å². The minimum absolute atomic E-state index is 0.000489. The van der Waals surface area contributed by atoms with Gasteiger partial charge in [-0.25, -0.2) is 4.99 Å². The third-order valence-corrected chi connectivity index (χ3v) is 5.30. The monoisotopic (exact) mass is 414 g/mol. The number of hydrogen-bond acceptors (Lipinski definition) is 6. The maximum atomic E-state index is 12.5. The number of ether oxygens (including phenoxy) is 1. The summed E-state index contributed by atoms with van der Waals surface area (Å²) in [7, 11) is 0. The van der Waals surface area contributed by atoms with E-state index in [9.17, 15) is 14.9 Å². The minimum atomic E-state index is -0.455. The van der Waals surface area contributed by atoms with E-state index in [0.717, 1.165) is 23.9 Å². The third kappa shape index (κ3) is 6.03. The maximum Gasteiger partial charge on any atom is 0.269 e. The van der Waals surface area contributed by atoms with Crippen molar-refractivity contribution in [2.75, 3.05) is 37.4 Å². The van der Waals surface area contributed by atoms with Gasteiger partial charge in [0.15, 0.2) is 5.17 Å². The van der Waals surface area contributed by atoms with E-state index in [2.05, 4.69) is 10.2 Å². The molecule has 0 radical (unpaired) electrons. The van der Waals surface area contributed by atoms with Crippen LogP contribution in [0.4, 0.5) is 17.1 Å². The first-order chi connectivity index (χ1) is 14.0. The highest BCUT2D eigenvalue weighted by Crippen LogP contribution is 2.22.